The smallest absolute Gasteiger partial charge is 0.331 e. The van der Waals surface area contributed by atoms with E-state index in [1.165, 1.54) is 64.9 Å². The van der Waals surface area contributed by atoms with E-state index in [9.17, 15) is 50.4 Å². The molecule has 19 heteroatoms. The van der Waals surface area contributed by atoms with Crippen molar-refractivity contribution in [2.24, 2.45) is 0 Å². The summed E-state index contributed by atoms with van der Waals surface area (Å²) in [6.07, 6.45) is -10.1. The molecule has 19 nitrogen and oxygen atoms in total. The second kappa shape index (κ2) is 17.9. The zero-order valence-electron chi connectivity index (χ0n) is 28.9. The number of carbonyl (C=O) groups is 2. The van der Waals surface area contributed by atoms with Gasteiger partial charge in [-0.1, -0.05) is 0 Å². The molecule has 0 aromatic heterocycles. The van der Waals surface area contributed by atoms with Crippen LogP contribution in [0, 0.1) is 0 Å². The molecule has 0 bridgehead atoms. The second-order valence-electron chi connectivity index (χ2n) is 11.6. The predicted molar refractivity (Wildman–Crippen MR) is 177 cm³/mol. The van der Waals surface area contributed by atoms with Crippen LogP contribution in [0.1, 0.15) is 11.1 Å². The molecule has 4 rings (SSSR count). The number of esters is 2. The minimum Gasteiger partial charge on any atom is -0.502 e. The van der Waals surface area contributed by atoms with E-state index >= 15 is 0 Å². The van der Waals surface area contributed by atoms with Crippen molar-refractivity contribution in [2.45, 2.75) is 54.8 Å². The largest absolute Gasteiger partial charge is 0.502 e. The average molecular weight is 755 g/mol. The molecule has 9 atom stereocenters. The summed E-state index contributed by atoms with van der Waals surface area (Å²) in [7, 11) is 5.21. The van der Waals surface area contributed by atoms with Crippen molar-refractivity contribution in [1.29, 1.82) is 0 Å². The highest BCUT2D eigenvalue weighted by Crippen LogP contribution is 2.40. The summed E-state index contributed by atoms with van der Waals surface area (Å²) in [5.41, 5.74) is 0.627. The Morgan fingerprint density at radius 2 is 1.15 bits per heavy atom. The van der Waals surface area contributed by atoms with Crippen LogP contribution < -0.4 is 18.9 Å². The molecule has 2 aromatic carbocycles. The van der Waals surface area contributed by atoms with Gasteiger partial charge in [0.05, 0.1) is 41.7 Å². The number of phenolic OH excluding ortho intramolecular Hbond substituents is 2. The lowest BCUT2D eigenvalue weighted by molar-refractivity contribution is -0.383. The van der Waals surface area contributed by atoms with Crippen LogP contribution in [0.15, 0.2) is 36.4 Å². The van der Waals surface area contributed by atoms with Gasteiger partial charge in [-0.2, -0.15) is 0 Å². The molecule has 2 aromatic rings. The van der Waals surface area contributed by atoms with Gasteiger partial charge in [-0.05, 0) is 47.5 Å². The van der Waals surface area contributed by atoms with Gasteiger partial charge in [0.1, 0.15) is 37.1 Å². The highest BCUT2D eigenvalue weighted by atomic mass is 16.8. The van der Waals surface area contributed by atoms with Crippen molar-refractivity contribution in [3.63, 3.8) is 0 Å². The maximum Gasteiger partial charge on any atom is 0.331 e. The van der Waals surface area contributed by atoms with Gasteiger partial charge in [-0.3, -0.25) is 0 Å². The summed E-state index contributed by atoms with van der Waals surface area (Å²) in [6, 6.07) is 5.51. The standard InChI is InChI=1S/C34H42O19/c1-45-18-9-16(10-19(46-2)26(18)40)5-7-24(38)50-31-30(44)28(42)22(13-35)49-33(31)53-34(15-37)32(29(43)23(14-36)52-34)51-25(39)8-6-17-11-20(47-3)27(41)21(12-17)48-4/h5-12,22-23,28-33,35-37,40-44H,13-15H2,1-4H3/t22-,23-,28-,29-,30+,31-,32+,33-,34+/m1/s1. The number of ether oxygens (including phenoxy) is 9. The molecular weight excluding hydrogens is 712 g/mol. The molecular formula is C34H42O19. The Morgan fingerprint density at radius 1 is 0.698 bits per heavy atom. The first kappa shape index (κ1) is 41.1. The van der Waals surface area contributed by atoms with Crippen LogP contribution in [0.4, 0.5) is 0 Å². The summed E-state index contributed by atoms with van der Waals surface area (Å²) in [5.74, 6) is -5.25. The van der Waals surface area contributed by atoms with Crippen molar-refractivity contribution in [2.75, 3.05) is 48.3 Å². The van der Waals surface area contributed by atoms with E-state index in [4.69, 9.17) is 42.6 Å². The molecule has 8 N–H and O–H groups in total. The number of aromatic hydroxyl groups is 2. The number of rotatable bonds is 15. The zero-order chi connectivity index (χ0) is 39.0. The third kappa shape index (κ3) is 8.92. The normalized spacial score (nSPS) is 28.6. The van der Waals surface area contributed by atoms with Gasteiger partial charge < -0.3 is 83.5 Å². The number of hydrogen-bond acceptors (Lipinski definition) is 19. The summed E-state index contributed by atoms with van der Waals surface area (Å²) in [6.45, 7) is -2.90. The maximum absolute atomic E-state index is 13.0. The number of phenols is 2. The Labute approximate surface area is 302 Å². The Morgan fingerprint density at radius 3 is 1.57 bits per heavy atom. The van der Waals surface area contributed by atoms with E-state index in [0.29, 0.717) is 11.1 Å². The lowest BCUT2D eigenvalue weighted by Crippen LogP contribution is -2.64. The average Bonchev–Trinajstić information content (AvgIpc) is 3.42. The molecule has 292 valence electrons. The van der Waals surface area contributed by atoms with Gasteiger partial charge in [0, 0.05) is 12.2 Å². The van der Waals surface area contributed by atoms with Gasteiger partial charge >= 0.3 is 11.9 Å². The predicted octanol–water partition coefficient (Wildman–Crippen LogP) is -1.42. The quantitative estimate of drug-likeness (QED) is 0.0765. The number of hydrogen-bond donors (Lipinski definition) is 8. The van der Waals surface area contributed by atoms with E-state index in [1.807, 2.05) is 0 Å². The minimum atomic E-state index is -2.55. The zero-order valence-corrected chi connectivity index (χ0v) is 28.9. The molecule has 0 amide bonds. The Balaban J connectivity index is 1.60. The van der Waals surface area contributed by atoms with Crippen LogP contribution in [0.25, 0.3) is 12.2 Å². The summed E-state index contributed by atoms with van der Waals surface area (Å²) < 4.78 is 48.3. The summed E-state index contributed by atoms with van der Waals surface area (Å²) in [5, 5.41) is 83.1. The van der Waals surface area contributed by atoms with Crippen LogP contribution in [0.5, 0.6) is 34.5 Å². The van der Waals surface area contributed by atoms with E-state index in [-0.39, 0.29) is 34.5 Å². The monoisotopic (exact) mass is 754 g/mol. The highest BCUT2D eigenvalue weighted by Gasteiger charge is 2.61. The number of aliphatic hydroxyl groups is 6. The third-order valence-electron chi connectivity index (χ3n) is 8.34. The van der Waals surface area contributed by atoms with Gasteiger partial charge in [-0.15, -0.1) is 0 Å². The van der Waals surface area contributed by atoms with Gasteiger partial charge in [-0.25, -0.2) is 9.59 Å². The molecule has 2 aliphatic rings. The van der Waals surface area contributed by atoms with Crippen molar-refractivity contribution in [3.05, 3.63) is 47.5 Å². The van der Waals surface area contributed by atoms with Crippen molar-refractivity contribution < 1.29 is 93.1 Å². The van der Waals surface area contributed by atoms with Crippen LogP contribution in [0.2, 0.25) is 0 Å². The molecule has 0 spiro atoms. The molecule has 2 aliphatic heterocycles. The first-order chi connectivity index (χ1) is 25.3. The first-order valence-corrected chi connectivity index (χ1v) is 15.8. The molecule has 0 radical (unpaired) electrons. The van der Waals surface area contributed by atoms with E-state index in [0.717, 1.165) is 12.2 Å². The highest BCUT2D eigenvalue weighted by molar-refractivity contribution is 5.88. The lowest BCUT2D eigenvalue weighted by atomic mass is 9.98. The number of benzene rings is 2. The number of methoxy groups -OCH3 is 4. The Hall–Kier alpha value is -4.70. The van der Waals surface area contributed by atoms with Crippen LogP contribution in [0.3, 0.4) is 0 Å². The van der Waals surface area contributed by atoms with Crippen LogP contribution in [-0.4, -0.2) is 156 Å². The first-order valence-electron chi connectivity index (χ1n) is 15.8. The van der Waals surface area contributed by atoms with Crippen molar-refractivity contribution in [3.8, 4) is 34.5 Å². The Bertz CT molecular complexity index is 1590. The van der Waals surface area contributed by atoms with E-state index in [1.54, 1.807) is 0 Å². The van der Waals surface area contributed by atoms with E-state index in [2.05, 4.69) is 0 Å². The minimum absolute atomic E-state index is 0.0286. The topological polar surface area (TPSA) is 279 Å². The fourth-order valence-corrected chi connectivity index (χ4v) is 5.57. The molecule has 2 fully saturated rings. The van der Waals surface area contributed by atoms with Crippen LogP contribution >= 0.6 is 0 Å². The molecule has 2 heterocycles. The third-order valence-corrected chi connectivity index (χ3v) is 8.34. The number of carbonyl (C=O) groups excluding carboxylic acids is 2. The molecule has 0 saturated carbocycles. The molecule has 2 saturated heterocycles. The summed E-state index contributed by atoms with van der Waals surface area (Å²) >= 11 is 0. The molecule has 0 aliphatic carbocycles. The van der Waals surface area contributed by atoms with Gasteiger partial charge in [0.2, 0.25) is 23.6 Å². The SMILES string of the molecule is COc1cc(C=CC(=O)O[C@H]2[C@@H](O[C@]3(CO)O[C@H](CO)[C@@H](O)[C@@H]3OC(=O)C=Cc3cc(OC)c(O)c(OC)c3)O[C@H](CO)[C@@H](O)[C@@H]2O)cc(OC)c1O. The van der Waals surface area contributed by atoms with Crippen LogP contribution in [-0.2, 0) is 33.3 Å². The maximum atomic E-state index is 13.0. The Kier molecular flexibility index (Phi) is 13.9. The van der Waals surface area contributed by atoms with Crippen molar-refractivity contribution in [1.82, 2.24) is 0 Å². The van der Waals surface area contributed by atoms with Crippen molar-refractivity contribution >= 4 is 24.1 Å². The molecule has 53 heavy (non-hydrogen) atoms. The lowest BCUT2D eigenvalue weighted by Gasteiger charge is -2.44. The van der Waals surface area contributed by atoms with E-state index < -0.39 is 86.6 Å². The fraction of sp³-hybridized carbons (Fsp3) is 0.471. The summed E-state index contributed by atoms with van der Waals surface area (Å²) in [4.78, 5) is 26.1. The fourth-order valence-electron chi connectivity index (χ4n) is 5.57. The number of aliphatic hydroxyl groups excluding tert-OH is 6. The second-order valence-corrected chi connectivity index (χ2v) is 11.6. The van der Waals surface area contributed by atoms with Gasteiger partial charge in [0.25, 0.3) is 0 Å². The van der Waals surface area contributed by atoms with Gasteiger partial charge in [0.15, 0.2) is 35.2 Å². The molecule has 0 unspecified atom stereocenters.